The first-order valence-electron chi connectivity index (χ1n) is 11.1. The van der Waals surface area contributed by atoms with E-state index < -0.39 is 0 Å². The number of likely N-dealkylation sites (tertiary alicyclic amines) is 2. The van der Waals surface area contributed by atoms with Crippen LogP contribution in [0, 0.1) is 0 Å². The van der Waals surface area contributed by atoms with Gasteiger partial charge >= 0.3 is 0 Å². The first-order valence-corrected chi connectivity index (χ1v) is 11.1. The minimum absolute atomic E-state index is 0.0117. The Morgan fingerprint density at radius 3 is 2.77 bits per heavy atom. The Balaban J connectivity index is 1.57. The lowest BCUT2D eigenvalue weighted by atomic mass is 9.75. The third kappa shape index (κ3) is 4.16. The van der Waals surface area contributed by atoms with Crippen LogP contribution >= 0.6 is 0 Å². The van der Waals surface area contributed by atoms with E-state index in [1.54, 1.807) is 20.2 Å². The highest BCUT2D eigenvalue weighted by Gasteiger charge is 2.49. The average molecular weight is 422 g/mol. The second-order valence-corrected chi connectivity index (χ2v) is 8.90. The number of carbonyl (C=O) groups is 2. The zero-order valence-corrected chi connectivity index (χ0v) is 18.6. The second kappa shape index (κ2) is 8.69. The van der Waals surface area contributed by atoms with Gasteiger partial charge < -0.3 is 14.5 Å². The van der Waals surface area contributed by atoms with E-state index in [-0.39, 0.29) is 23.4 Å². The number of methoxy groups -OCH3 is 1. The standard InChI is InChI=1S/C25H31N3O3/c1-18(29)27-11-6-10-25(2)23(27)9-5-12-28(25)24(30)21-14-20(16-26-17-21)13-19-7-4-8-22(15-19)31-3/h4,7-8,14-17,23H,5-6,9-13H2,1-3H3/t23-,25-/m0/s1. The molecule has 6 heteroatoms. The van der Waals surface area contributed by atoms with Gasteiger partial charge in [-0.25, -0.2) is 0 Å². The molecular weight excluding hydrogens is 390 g/mol. The summed E-state index contributed by atoms with van der Waals surface area (Å²) < 4.78 is 5.32. The molecule has 4 rings (SSSR count). The number of aromatic nitrogens is 1. The Morgan fingerprint density at radius 2 is 2.00 bits per heavy atom. The minimum Gasteiger partial charge on any atom is -0.497 e. The van der Waals surface area contributed by atoms with Crippen molar-refractivity contribution in [1.82, 2.24) is 14.8 Å². The van der Waals surface area contributed by atoms with Gasteiger partial charge in [0.25, 0.3) is 5.91 Å². The maximum Gasteiger partial charge on any atom is 0.255 e. The summed E-state index contributed by atoms with van der Waals surface area (Å²) in [4.78, 5) is 34.2. The Kier molecular flexibility index (Phi) is 5.99. The molecule has 0 unspecified atom stereocenters. The fourth-order valence-electron chi connectivity index (χ4n) is 5.33. The SMILES string of the molecule is COc1cccc(Cc2cncc(C(=O)N3CCC[C@@H]4N(C(C)=O)CCC[C@@]43C)c2)c1. The highest BCUT2D eigenvalue weighted by Crippen LogP contribution is 2.40. The number of amides is 2. The van der Waals surface area contributed by atoms with Crippen LogP contribution in [0.25, 0.3) is 0 Å². The zero-order chi connectivity index (χ0) is 22.0. The molecule has 164 valence electrons. The third-order valence-electron chi connectivity index (χ3n) is 6.89. The minimum atomic E-state index is -0.331. The predicted octanol–water partition coefficient (Wildman–Crippen LogP) is 3.69. The van der Waals surface area contributed by atoms with Gasteiger partial charge in [-0.1, -0.05) is 12.1 Å². The summed E-state index contributed by atoms with van der Waals surface area (Å²) in [6, 6.07) is 9.98. The molecule has 31 heavy (non-hydrogen) atoms. The molecule has 0 spiro atoms. The number of benzene rings is 1. The van der Waals surface area contributed by atoms with Crippen LogP contribution in [0.5, 0.6) is 5.75 Å². The summed E-state index contributed by atoms with van der Waals surface area (Å²) in [5, 5.41) is 0. The molecular formula is C25H31N3O3. The molecule has 1 aromatic carbocycles. The van der Waals surface area contributed by atoms with E-state index in [1.165, 1.54) is 0 Å². The highest BCUT2D eigenvalue weighted by atomic mass is 16.5. The molecule has 0 radical (unpaired) electrons. The average Bonchev–Trinajstić information content (AvgIpc) is 2.77. The number of hydrogen-bond donors (Lipinski definition) is 0. The highest BCUT2D eigenvalue weighted by molar-refractivity contribution is 5.95. The molecule has 2 fully saturated rings. The lowest BCUT2D eigenvalue weighted by molar-refractivity contribution is -0.140. The van der Waals surface area contributed by atoms with Gasteiger partial charge in [0.15, 0.2) is 0 Å². The van der Waals surface area contributed by atoms with Gasteiger partial charge in [-0.15, -0.1) is 0 Å². The van der Waals surface area contributed by atoms with Gasteiger partial charge in [0.1, 0.15) is 5.75 Å². The Hall–Kier alpha value is -2.89. The number of nitrogens with zero attached hydrogens (tertiary/aromatic N) is 3. The van der Waals surface area contributed by atoms with Crippen molar-refractivity contribution in [3.05, 3.63) is 59.4 Å². The van der Waals surface area contributed by atoms with Crippen molar-refractivity contribution in [3.63, 3.8) is 0 Å². The zero-order valence-electron chi connectivity index (χ0n) is 18.6. The van der Waals surface area contributed by atoms with Crippen molar-refractivity contribution in [2.24, 2.45) is 0 Å². The van der Waals surface area contributed by atoms with Crippen LogP contribution in [-0.4, -0.2) is 58.4 Å². The van der Waals surface area contributed by atoms with Crippen molar-refractivity contribution < 1.29 is 14.3 Å². The van der Waals surface area contributed by atoms with Crippen LogP contribution in [0.3, 0.4) is 0 Å². The molecule has 2 aliphatic heterocycles. The number of pyridine rings is 1. The number of hydrogen-bond acceptors (Lipinski definition) is 4. The number of piperidine rings is 2. The van der Waals surface area contributed by atoms with Gasteiger partial charge in [0, 0.05) is 32.4 Å². The molecule has 1 aromatic heterocycles. The molecule has 0 aliphatic carbocycles. The van der Waals surface area contributed by atoms with Crippen molar-refractivity contribution in [2.75, 3.05) is 20.2 Å². The fourth-order valence-corrected chi connectivity index (χ4v) is 5.33. The van der Waals surface area contributed by atoms with Crippen molar-refractivity contribution in [3.8, 4) is 5.75 Å². The Morgan fingerprint density at radius 1 is 1.16 bits per heavy atom. The third-order valence-corrected chi connectivity index (χ3v) is 6.89. The molecule has 0 N–H and O–H groups in total. The molecule has 2 atom stereocenters. The largest absolute Gasteiger partial charge is 0.497 e. The molecule has 6 nitrogen and oxygen atoms in total. The first kappa shape index (κ1) is 21.3. The van der Waals surface area contributed by atoms with Crippen LogP contribution in [0.15, 0.2) is 42.7 Å². The number of rotatable bonds is 4. The van der Waals surface area contributed by atoms with Crippen molar-refractivity contribution in [2.45, 2.75) is 57.5 Å². The van der Waals surface area contributed by atoms with E-state index in [9.17, 15) is 9.59 Å². The summed E-state index contributed by atoms with van der Waals surface area (Å²) in [6.07, 6.45) is 7.86. The van der Waals surface area contributed by atoms with E-state index in [0.29, 0.717) is 12.0 Å². The number of fused-ring (bicyclic) bond motifs is 1. The topological polar surface area (TPSA) is 62.7 Å². The summed E-state index contributed by atoms with van der Waals surface area (Å²) in [7, 11) is 1.66. The van der Waals surface area contributed by atoms with E-state index in [0.717, 1.165) is 55.6 Å². The van der Waals surface area contributed by atoms with Crippen LogP contribution in [0.1, 0.15) is 61.0 Å². The maximum atomic E-state index is 13.6. The molecule has 0 saturated carbocycles. The maximum absolute atomic E-state index is 13.6. The summed E-state index contributed by atoms with van der Waals surface area (Å²) in [5.41, 5.74) is 2.39. The van der Waals surface area contributed by atoms with Crippen LogP contribution in [0.4, 0.5) is 0 Å². The Bertz CT molecular complexity index is 976. The van der Waals surface area contributed by atoms with Gasteiger partial charge in [0.05, 0.1) is 24.3 Å². The fraction of sp³-hybridized carbons (Fsp3) is 0.480. The van der Waals surface area contributed by atoms with Crippen molar-refractivity contribution in [1.29, 1.82) is 0 Å². The van der Waals surface area contributed by atoms with Crippen LogP contribution < -0.4 is 4.74 Å². The van der Waals surface area contributed by atoms with Gasteiger partial charge in [-0.2, -0.15) is 0 Å². The summed E-state index contributed by atoms with van der Waals surface area (Å²) >= 11 is 0. The molecule has 2 aromatic rings. The molecule has 3 heterocycles. The van der Waals surface area contributed by atoms with Gasteiger partial charge in [0.2, 0.25) is 5.91 Å². The molecule has 2 amide bonds. The normalized spacial score (nSPS) is 23.3. The number of carbonyl (C=O) groups excluding carboxylic acids is 2. The van der Waals surface area contributed by atoms with Gasteiger partial charge in [-0.3, -0.25) is 14.6 Å². The monoisotopic (exact) mass is 421 g/mol. The van der Waals surface area contributed by atoms with Crippen molar-refractivity contribution >= 4 is 11.8 Å². The van der Waals surface area contributed by atoms with E-state index >= 15 is 0 Å². The molecule has 2 aliphatic rings. The van der Waals surface area contributed by atoms with E-state index in [4.69, 9.17) is 4.74 Å². The molecule has 2 saturated heterocycles. The Labute approximate surface area is 184 Å². The van der Waals surface area contributed by atoms with Crippen LogP contribution in [0.2, 0.25) is 0 Å². The first-order chi connectivity index (χ1) is 14.9. The van der Waals surface area contributed by atoms with Gasteiger partial charge in [-0.05, 0) is 68.4 Å². The van der Waals surface area contributed by atoms with Crippen LogP contribution in [-0.2, 0) is 11.2 Å². The predicted molar refractivity (Wildman–Crippen MR) is 119 cm³/mol. The lowest BCUT2D eigenvalue weighted by Gasteiger charge is -2.56. The van der Waals surface area contributed by atoms with E-state index in [1.807, 2.05) is 46.3 Å². The lowest BCUT2D eigenvalue weighted by Crippen LogP contribution is -2.68. The summed E-state index contributed by atoms with van der Waals surface area (Å²) in [5.74, 6) is 0.932. The smallest absolute Gasteiger partial charge is 0.255 e. The number of ether oxygens (including phenoxy) is 1. The van der Waals surface area contributed by atoms with E-state index in [2.05, 4.69) is 11.9 Å². The molecule has 0 bridgehead atoms. The quantitative estimate of drug-likeness (QED) is 0.755. The summed E-state index contributed by atoms with van der Waals surface area (Å²) in [6.45, 7) is 5.29. The second-order valence-electron chi connectivity index (χ2n) is 8.90.